The predicted molar refractivity (Wildman–Crippen MR) is 61.3 cm³/mol. The van der Waals surface area contributed by atoms with Gasteiger partial charge in [-0.05, 0) is 6.92 Å². The summed E-state index contributed by atoms with van der Waals surface area (Å²) in [5.41, 5.74) is 7.54. The van der Waals surface area contributed by atoms with E-state index in [1.807, 2.05) is 36.4 Å². The fourth-order valence-corrected chi connectivity index (χ4v) is 1.45. The van der Waals surface area contributed by atoms with Crippen molar-refractivity contribution in [3.05, 3.63) is 41.6 Å². The number of anilines is 1. The first-order chi connectivity index (χ1) is 7.72. The van der Waals surface area contributed by atoms with E-state index in [-0.39, 0.29) is 5.82 Å². The number of aromatic nitrogens is 2. The highest BCUT2D eigenvalue weighted by Gasteiger charge is 2.09. The van der Waals surface area contributed by atoms with Crippen LogP contribution in [0.25, 0.3) is 11.4 Å². The van der Waals surface area contributed by atoms with Crippen LogP contribution < -0.4 is 5.73 Å². The molecule has 78 valence electrons. The monoisotopic (exact) mass is 210 g/mol. The normalized spacial score (nSPS) is 9.75. The Balaban J connectivity index is 2.58. The van der Waals surface area contributed by atoms with E-state index >= 15 is 0 Å². The fourth-order valence-electron chi connectivity index (χ4n) is 1.45. The van der Waals surface area contributed by atoms with Crippen molar-refractivity contribution in [1.29, 1.82) is 5.26 Å². The predicted octanol–water partition coefficient (Wildman–Crippen LogP) is 1.91. The molecule has 0 unspecified atom stereocenters. The minimum absolute atomic E-state index is 0.230. The van der Waals surface area contributed by atoms with E-state index in [9.17, 15) is 0 Å². The van der Waals surface area contributed by atoms with E-state index in [2.05, 4.69) is 9.97 Å². The van der Waals surface area contributed by atoms with Crippen LogP contribution in [0.2, 0.25) is 0 Å². The molecule has 0 aliphatic rings. The Morgan fingerprint density at radius 3 is 2.44 bits per heavy atom. The van der Waals surface area contributed by atoms with Gasteiger partial charge in [-0.2, -0.15) is 5.26 Å². The van der Waals surface area contributed by atoms with Crippen LogP contribution in [0.5, 0.6) is 0 Å². The Hall–Kier alpha value is -2.41. The topological polar surface area (TPSA) is 75.6 Å². The number of nitriles is 1. The lowest BCUT2D eigenvalue weighted by molar-refractivity contribution is 1.10. The molecule has 1 aromatic carbocycles. The molecule has 0 radical (unpaired) electrons. The summed E-state index contributed by atoms with van der Waals surface area (Å²) < 4.78 is 0. The summed E-state index contributed by atoms with van der Waals surface area (Å²) in [7, 11) is 0. The molecular formula is C12H10N4. The minimum atomic E-state index is 0.230. The first-order valence-electron chi connectivity index (χ1n) is 4.82. The molecule has 0 fully saturated rings. The molecular weight excluding hydrogens is 200 g/mol. The molecule has 0 spiro atoms. The third-order valence-corrected chi connectivity index (χ3v) is 2.26. The van der Waals surface area contributed by atoms with Crippen LogP contribution in [0.1, 0.15) is 11.3 Å². The molecule has 2 N–H and O–H groups in total. The molecule has 0 amide bonds. The summed E-state index contributed by atoms with van der Waals surface area (Å²) >= 11 is 0. The summed E-state index contributed by atoms with van der Waals surface area (Å²) in [6.45, 7) is 1.75. The van der Waals surface area contributed by atoms with Crippen molar-refractivity contribution < 1.29 is 0 Å². The molecule has 0 bridgehead atoms. The molecule has 1 aromatic heterocycles. The first-order valence-corrected chi connectivity index (χ1v) is 4.82. The Morgan fingerprint density at radius 2 is 1.88 bits per heavy atom. The van der Waals surface area contributed by atoms with E-state index in [1.54, 1.807) is 6.92 Å². The molecule has 16 heavy (non-hydrogen) atoms. The number of benzene rings is 1. The van der Waals surface area contributed by atoms with Crippen molar-refractivity contribution in [2.24, 2.45) is 0 Å². The number of nitrogens with zero attached hydrogens (tertiary/aromatic N) is 3. The van der Waals surface area contributed by atoms with Gasteiger partial charge in [0.25, 0.3) is 0 Å². The molecule has 4 nitrogen and oxygen atoms in total. The van der Waals surface area contributed by atoms with Gasteiger partial charge in [0.1, 0.15) is 17.5 Å². The lowest BCUT2D eigenvalue weighted by Crippen LogP contribution is -2.02. The lowest BCUT2D eigenvalue weighted by atomic mass is 10.2. The minimum Gasteiger partial charge on any atom is -0.382 e. The highest BCUT2D eigenvalue weighted by molar-refractivity contribution is 5.60. The van der Waals surface area contributed by atoms with Gasteiger partial charge < -0.3 is 5.73 Å². The molecule has 0 aliphatic heterocycles. The van der Waals surface area contributed by atoms with E-state index in [1.165, 1.54) is 0 Å². The first kappa shape index (κ1) is 10.1. The number of nitrogens with two attached hydrogens (primary N) is 1. The maximum atomic E-state index is 8.85. The van der Waals surface area contributed by atoms with Crippen molar-refractivity contribution in [2.75, 3.05) is 5.73 Å². The second-order valence-electron chi connectivity index (χ2n) is 3.37. The number of hydrogen-bond acceptors (Lipinski definition) is 4. The maximum absolute atomic E-state index is 8.85. The summed E-state index contributed by atoms with van der Waals surface area (Å²) in [5.74, 6) is 0.781. The van der Waals surface area contributed by atoms with Crippen LogP contribution in [-0.4, -0.2) is 9.97 Å². The number of rotatable bonds is 1. The lowest BCUT2D eigenvalue weighted by Gasteiger charge is -2.04. The molecule has 0 saturated heterocycles. The van der Waals surface area contributed by atoms with Crippen molar-refractivity contribution in [3.63, 3.8) is 0 Å². The van der Waals surface area contributed by atoms with Gasteiger partial charge in [-0.1, -0.05) is 30.3 Å². The Kier molecular flexibility index (Phi) is 2.52. The summed E-state index contributed by atoms with van der Waals surface area (Å²) in [6.07, 6.45) is 0. The third-order valence-electron chi connectivity index (χ3n) is 2.26. The van der Waals surface area contributed by atoms with Gasteiger partial charge in [-0.15, -0.1) is 0 Å². The molecule has 0 aliphatic carbocycles. The third kappa shape index (κ3) is 1.71. The van der Waals surface area contributed by atoms with Crippen LogP contribution in [0.3, 0.4) is 0 Å². The zero-order valence-corrected chi connectivity index (χ0v) is 8.81. The smallest absolute Gasteiger partial charge is 0.161 e. The van der Waals surface area contributed by atoms with Gasteiger partial charge in [0, 0.05) is 5.56 Å². The standard InChI is InChI=1S/C12H10N4/c1-8-10(7-13)11(14)16-12(15-8)9-5-3-2-4-6-9/h2-6H,1H3,(H2,14,15,16). The highest BCUT2D eigenvalue weighted by atomic mass is 15.0. The molecule has 2 rings (SSSR count). The number of nitrogen functional groups attached to an aromatic ring is 1. The number of aryl methyl sites for hydroxylation is 1. The molecule has 4 heteroatoms. The number of hydrogen-bond donors (Lipinski definition) is 1. The van der Waals surface area contributed by atoms with Crippen LogP contribution in [0, 0.1) is 18.3 Å². The average Bonchev–Trinajstić information content (AvgIpc) is 2.30. The molecule has 0 atom stereocenters. The average molecular weight is 210 g/mol. The molecule has 1 heterocycles. The zero-order valence-electron chi connectivity index (χ0n) is 8.81. The van der Waals surface area contributed by atoms with Gasteiger partial charge in [-0.25, -0.2) is 9.97 Å². The van der Waals surface area contributed by atoms with Gasteiger partial charge in [0.2, 0.25) is 0 Å². The van der Waals surface area contributed by atoms with Gasteiger partial charge in [0.15, 0.2) is 5.82 Å². The summed E-state index contributed by atoms with van der Waals surface area (Å²) in [5, 5.41) is 8.85. The van der Waals surface area contributed by atoms with E-state index < -0.39 is 0 Å². The van der Waals surface area contributed by atoms with Gasteiger partial charge in [0.05, 0.1) is 5.69 Å². The quantitative estimate of drug-likeness (QED) is 0.780. The second kappa shape index (κ2) is 3.99. The molecule has 2 aromatic rings. The van der Waals surface area contributed by atoms with E-state index in [0.29, 0.717) is 17.1 Å². The van der Waals surface area contributed by atoms with Crippen molar-refractivity contribution >= 4 is 5.82 Å². The zero-order chi connectivity index (χ0) is 11.5. The van der Waals surface area contributed by atoms with Gasteiger partial charge in [-0.3, -0.25) is 0 Å². The van der Waals surface area contributed by atoms with E-state index in [0.717, 1.165) is 5.56 Å². The Labute approximate surface area is 93.4 Å². The van der Waals surface area contributed by atoms with Crippen molar-refractivity contribution in [3.8, 4) is 17.5 Å². The van der Waals surface area contributed by atoms with Crippen molar-refractivity contribution in [1.82, 2.24) is 9.97 Å². The molecule has 0 saturated carbocycles. The Bertz CT molecular complexity index is 532. The summed E-state index contributed by atoms with van der Waals surface area (Å²) in [6, 6.07) is 11.5. The SMILES string of the molecule is Cc1nc(-c2ccccc2)nc(N)c1C#N. The van der Waals surface area contributed by atoms with Gasteiger partial charge >= 0.3 is 0 Å². The van der Waals surface area contributed by atoms with Crippen LogP contribution >= 0.6 is 0 Å². The largest absolute Gasteiger partial charge is 0.382 e. The van der Waals surface area contributed by atoms with Crippen LogP contribution in [0.15, 0.2) is 30.3 Å². The van der Waals surface area contributed by atoms with Crippen molar-refractivity contribution in [2.45, 2.75) is 6.92 Å². The highest BCUT2D eigenvalue weighted by Crippen LogP contribution is 2.19. The maximum Gasteiger partial charge on any atom is 0.161 e. The summed E-state index contributed by atoms with van der Waals surface area (Å²) in [4.78, 5) is 8.38. The second-order valence-corrected chi connectivity index (χ2v) is 3.37. The fraction of sp³-hybridized carbons (Fsp3) is 0.0833. The van der Waals surface area contributed by atoms with E-state index in [4.69, 9.17) is 11.0 Å². The Morgan fingerprint density at radius 1 is 1.19 bits per heavy atom. The van der Waals surface area contributed by atoms with Crippen LogP contribution in [-0.2, 0) is 0 Å². The van der Waals surface area contributed by atoms with Crippen LogP contribution in [0.4, 0.5) is 5.82 Å².